The van der Waals surface area contributed by atoms with Crippen molar-refractivity contribution >= 4 is 6.09 Å². The summed E-state index contributed by atoms with van der Waals surface area (Å²) in [5, 5.41) is 2.96. The standard InChI is InChI=1S/C16H18N2O4/c19-16(17-12-10-18-7-5-11(12)6-8-18)22-15-4-3-14(21-15)13-2-1-9-20-13/h1-4,9,11-12H,5-8,10H2,(H,17,19). The Labute approximate surface area is 128 Å². The van der Waals surface area contributed by atoms with Crippen molar-refractivity contribution in [1.29, 1.82) is 0 Å². The van der Waals surface area contributed by atoms with Crippen molar-refractivity contribution in [2.45, 2.75) is 18.9 Å². The smallest absolute Gasteiger partial charge is 0.415 e. The van der Waals surface area contributed by atoms with Gasteiger partial charge in [-0.3, -0.25) is 0 Å². The molecule has 6 heteroatoms. The summed E-state index contributed by atoms with van der Waals surface area (Å²) in [7, 11) is 0. The number of nitrogens with one attached hydrogen (secondary N) is 1. The predicted octanol–water partition coefficient (Wildman–Crippen LogP) is 2.72. The highest BCUT2D eigenvalue weighted by Gasteiger charge is 2.35. The lowest BCUT2D eigenvalue weighted by molar-refractivity contribution is 0.0715. The fourth-order valence-electron chi connectivity index (χ4n) is 3.33. The average molecular weight is 302 g/mol. The molecule has 2 aromatic rings. The number of ether oxygens (including phenoxy) is 1. The maximum absolute atomic E-state index is 12.0. The normalized spacial score (nSPS) is 26.8. The molecule has 0 aromatic carbocycles. The minimum absolute atomic E-state index is 0.171. The first-order chi connectivity index (χ1) is 10.8. The molecule has 3 aliphatic rings. The van der Waals surface area contributed by atoms with Crippen LogP contribution >= 0.6 is 0 Å². The van der Waals surface area contributed by atoms with Gasteiger partial charge in [0.05, 0.1) is 6.26 Å². The van der Waals surface area contributed by atoms with Crippen LogP contribution in [0.2, 0.25) is 0 Å². The molecule has 6 nitrogen and oxygen atoms in total. The van der Waals surface area contributed by atoms with Crippen molar-refractivity contribution in [3.8, 4) is 17.5 Å². The number of hydrogen-bond acceptors (Lipinski definition) is 5. The van der Waals surface area contributed by atoms with Gasteiger partial charge in [0, 0.05) is 18.7 Å². The molecule has 5 heterocycles. The predicted molar refractivity (Wildman–Crippen MR) is 78.5 cm³/mol. The Morgan fingerprint density at radius 1 is 1.23 bits per heavy atom. The highest BCUT2D eigenvalue weighted by atomic mass is 16.6. The van der Waals surface area contributed by atoms with Crippen LogP contribution in [0, 0.1) is 5.92 Å². The van der Waals surface area contributed by atoms with Crippen molar-refractivity contribution in [1.82, 2.24) is 10.2 Å². The number of piperidine rings is 3. The Kier molecular flexibility index (Phi) is 3.38. The van der Waals surface area contributed by atoms with E-state index in [0.717, 1.165) is 32.5 Å². The van der Waals surface area contributed by atoms with Gasteiger partial charge in [0.25, 0.3) is 5.95 Å². The van der Waals surface area contributed by atoms with Gasteiger partial charge in [-0.05, 0) is 50.0 Å². The molecule has 0 radical (unpaired) electrons. The molecule has 0 spiro atoms. The van der Waals surface area contributed by atoms with Crippen LogP contribution in [-0.2, 0) is 0 Å². The van der Waals surface area contributed by atoms with Crippen LogP contribution in [0.15, 0.2) is 39.4 Å². The first-order valence-electron chi connectivity index (χ1n) is 7.62. The molecule has 1 unspecified atom stereocenters. The van der Waals surface area contributed by atoms with Crippen LogP contribution in [0.3, 0.4) is 0 Å². The van der Waals surface area contributed by atoms with Crippen molar-refractivity contribution < 1.29 is 18.4 Å². The molecule has 0 saturated carbocycles. The van der Waals surface area contributed by atoms with Gasteiger partial charge in [-0.15, -0.1) is 0 Å². The van der Waals surface area contributed by atoms with Crippen molar-refractivity contribution in [2.75, 3.05) is 19.6 Å². The van der Waals surface area contributed by atoms with Gasteiger partial charge < -0.3 is 23.8 Å². The number of furan rings is 2. The van der Waals surface area contributed by atoms with Crippen LogP contribution in [0.5, 0.6) is 5.95 Å². The van der Waals surface area contributed by atoms with E-state index in [-0.39, 0.29) is 12.0 Å². The monoisotopic (exact) mass is 302 g/mol. The van der Waals surface area contributed by atoms with E-state index in [1.807, 2.05) is 0 Å². The Morgan fingerprint density at radius 2 is 2.09 bits per heavy atom. The summed E-state index contributed by atoms with van der Waals surface area (Å²) in [6.45, 7) is 3.20. The van der Waals surface area contributed by atoms with Gasteiger partial charge in [0.2, 0.25) is 0 Å². The number of carbonyl (C=O) groups excluding carboxylic acids is 1. The summed E-state index contributed by atoms with van der Waals surface area (Å²) in [5.41, 5.74) is 0. The molecule has 3 fully saturated rings. The Hall–Kier alpha value is -2.21. The summed E-state index contributed by atoms with van der Waals surface area (Å²) >= 11 is 0. The van der Waals surface area contributed by atoms with Crippen LogP contribution in [-0.4, -0.2) is 36.7 Å². The van der Waals surface area contributed by atoms with Crippen molar-refractivity contribution in [3.05, 3.63) is 30.5 Å². The zero-order valence-corrected chi connectivity index (χ0v) is 12.2. The summed E-state index contributed by atoms with van der Waals surface area (Å²) < 4.78 is 15.9. The van der Waals surface area contributed by atoms with Crippen LogP contribution < -0.4 is 10.1 Å². The van der Waals surface area contributed by atoms with E-state index in [4.69, 9.17) is 13.6 Å². The molecular weight excluding hydrogens is 284 g/mol. The van der Waals surface area contributed by atoms with E-state index in [1.165, 1.54) is 0 Å². The van der Waals surface area contributed by atoms with Crippen LogP contribution in [0.1, 0.15) is 12.8 Å². The van der Waals surface area contributed by atoms with Gasteiger partial charge in [0.15, 0.2) is 11.5 Å². The number of amides is 1. The van der Waals surface area contributed by atoms with Gasteiger partial charge in [-0.2, -0.15) is 0 Å². The van der Waals surface area contributed by atoms with Gasteiger partial charge in [-0.1, -0.05) is 0 Å². The molecule has 1 N–H and O–H groups in total. The zero-order chi connectivity index (χ0) is 14.9. The second kappa shape index (κ2) is 5.53. The maximum atomic E-state index is 12.0. The molecule has 0 aliphatic carbocycles. The lowest BCUT2D eigenvalue weighted by Crippen LogP contribution is -2.57. The molecule has 2 bridgehead atoms. The lowest BCUT2D eigenvalue weighted by atomic mass is 9.84. The molecule has 2 aromatic heterocycles. The third-order valence-corrected chi connectivity index (χ3v) is 4.50. The number of fused-ring (bicyclic) bond motifs is 3. The quantitative estimate of drug-likeness (QED) is 0.944. The molecule has 22 heavy (non-hydrogen) atoms. The first-order valence-corrected chi connectivity index (χ1v) is 7.62. The fourth-order valence-corrected chi connectivity index (χ4v) is 3.33. The summed E-state index contributed by atoms with van der Waals surface area (Å²) in [5.74, 6) is 1.88. The first kappa shape index (κ1) is 13.5. The van der Waals surface area contributed by atoms with E-state index >= 15 is 0 Å². The lowest BCUT2D eigenvalue weighted by Gasteiger charge is -2.44. The molecule has 3 aliphatic heterocycles. The Morgan fingerprint density at radius 3 is 2.77 bits per heavy atom. The third-order valence-electron chi connectivity index (χ3n) is 4.50. The Bertz CT molecular complexity index is 641. The number of carbonyl (C=O) groups is 1. The third kappa shape index (κ3) is 2.62. The van der Waals surface area contributed by atoms with Crippen molar-refractivity contribution in [2.24, 2.45) is 5.92 Å². The van der Waals surface area contributed by atoms with E-state index in [9.17, 15) is 4.79 Å². The SMILES string of the molecule is O=C(NC1CN2CCC1CC2)Oc1ccc(-c2ccco2)o1. The minimum atomic E-state index is -0.459. The van der Waals surface area contributed by atoms with Gasteiger partial charge >= 0.3 is 6.09 Å². The molecular formula is C16H18N2O4. The minimum Gasteiger partial charge on any atom is -0.461 e. The summed E-state index contributed by atoms with van der Waals surface area (Å²) in [6, 6.07) is 7.08. The summed E-state index contributed by atoms with van der Waals surface area (Å²) in [6.07, 6.45) is 3.40. The molecule has 5 rings (SSSR count). The largest absolute Gasteiger partial charge is 0.461 e. The number of nitrogens with zero attached hydrogens (tertiary/aromatic N) is 1. The summed E-state index contributed by atoms with van der Waals surface area (Å²) in [4.78, 5) is 14.4. The topological polar surface area (TPSA) is 67.9 Å². The van der Waals surface area contributed by atoms with E-state index < -0.39 is 6.09 Å². The molecule has 3 saturated heterocycles. The second-order valence-corrected chi connectivity index (χ2v) is 5.87. The molecule has 1 amide bonds. The van der Waals surface area contributed by atoms with Crippen LogP contribution in [0.25, 0.3) is 11.5 Å². The van der Waals surface area contributed by atoms with Crippen molar-refractivity contribution in [3.63, 3.8) is 0 Å². The number of rotatable bonds is 3. The van der Waals surface area contributed by atoms with Gasteiger partial charge in [-0.25, -0.2) is 4.79 Å². The van der Waals surface area contributed by atoms with E-state index in [1.54, 1.807) is 30.5 Å². The fraction of sp³-hybridized carbons (Fsp3) is 0.438. The Balaban J connectivity index is 1.36. The number of hydrogen-bond donors (Lipinski definition) is 1. The van der Waals surface area contributed by atoms with E-state index in [0.29, 0.717) is 17.4 Å². The van der Waals surface area contributed by atoms with Crippen LogP contribution in [0.4, 0.5) is 4.79 Å². The molecule has 1 atom stereocenters. The second-order valence-electron chi connectivity index (χ2n) is 5.87. The maximum Gasteiger partial charge on any atom is 0.415 e. The van der Waals surface area contributed by atoms with Gasteiger partial charge in [0.1, 0.15) is 0 Å². The zero-order valence-electron chi connectivity index (χ0n) is 12.2. The van der Waals surface area contributed by atoms with E-state index in [2.05, 4.69) is 10.2 Å². The highest BCUT2D eigenvalue weighted by molar-refractivity contribution is 5.70. The molecule has 116 valence electrons. The average Bonchev–Trinajstić information content (AvgIpc) is 3.19. The highest BCUT2D eigenvalue weighted by Crippen LogP contribution is 2.28.